The number of aliphatic carboxylic acids is 1. The Morgan fingerprint density at radius 1 is 1.18 bits per heavy atom. The monoisotopic (exact) mass is 241 g/mol. The minimum atomic E-state index is -0.728. The van der Waals surface area contributed by atoms with Gasteiger partial charge in [-0.2, -0.15) is 0 Å². The molecule has 0 aromatic carbocycles. The van der Waals surface area contributed by atoms with Gasteiger partial charge in [0.05, 0.1) is 5.60 Å². The van der Waals surface area contributed by atoms with E-state index in [4.69, 9.17) is 0 Å². The highest BCUT2D eigenvalue weighted by Crippen LogP contribution is 2.31. The molecule has 1 unspecified atom stereocenters. The number of nitrogens with zero attached hydrogens (tertiary/aromatic N) is 1. The Balaban J connectivity index is 2.01. The lowest BCUT2D eigenvalue weighted by atomic mass is 10.0. The van der Waals surface area contributed by atoms with Crippen molar-refractivity contribution in [1.29, 1.82) is 0 Å². The van der Waals surface area contributed by atoms with Gasteiger partial charge in [0.15, 0.2) is 0 Å². The molecule has 4 heteroatoms. The second-order valence-electron chi connectivity index (χ2n) is 5.61. The van der Waals surface area contributed by atoms with Gasteiger partial charge in [-0.3, -0.25) is 9.69 Å². The average Bonchev–Trinajstić information content (AvgIpc) is 2.56. The summed E-state index contributed by atoms with van der Waals surface area (Å²) in [7, 11) is 0. The molecule has 0 aromatic heterocycles. The molecule has 1 atom stereocenters. The van der Waals surface area contributed by atoms with E-state index in [-0.39, 0.29) is 6.04 Å². The van der Waals surface area contributed by atoms with E-state index in [1.165, 1.54) is 0 Å². The molecular formula is C13H23NO3. The van der Waals surface area contributed by atoms with E-state index in [2.05, 4.69) is 0 Å². The number of hydrogen-bond donors (Lipinski definition) is 2. The Kier molecular flexibility index (Phi) is 4.05. The van der Waals surface area contributed by atoms with Gasteiger partial charge >= 0.3 is 5.97 Å². The van der Waals surface area contributed by atoms with Crippen molar-refractivity contribution in [3.05, 3.63) is 0 Å². The van der Waals surface area contributed by atoms with Crippen LogP contribution >= 0.6 is 0 Å². The number of carboxylic acid groups (broad SMARTS) is 1. The fraction of sp³-hybridized carbons (Fsp3) is 0.923. The summed E-state index contributed by atoms with van der Waals surface area (Å²) in [6, 6.07) is -0.387. The highest BCUT2D eigenvalue weighted by atomic mass is 16.4. The first-order chi connectivity index (χ1) is 8.11. The largest absolute Gasteiger partial charge is 0.480 e. The van der Waals surface area contributed by atoms with Crippen molar-refractivity contribution < 1.29 is 15.0 Å². The van der Waals surface area contributed by atoms with Crippen LogP contribution in [-0.4, -0.2) is 45.8 Å². The van der Waals surface area contributed by atoms with Crippen LogP contribution in [0.4, 0.5) is 0 Å². The maximum absolute atomic E-state index is 11.3. The lowest BCUT2D eigenvalue weighted by Gasteiger charge is -2.34. The molecular weight excluding hydrogens is 218 g/mol. The van der Waals surface area contributed by atoms with Gasteiger partial charge in [0.2, 0.25) is 0 Å². The van der Waals surface area contributed by atoms with E-state index >= 15 is 0 Å². The van der Waals surface area contributed by atoms with Crippen LogP contribution in [0.2, 0.25) is 0 Å². The van der Waals surface area contributed by atoms with E-state index in [0.717, 1.165) is 57.9 Å². The SMILES string of the molecule is O=C(O)C1CCCCCN1CC1(O)CCCC1. The molecule has 4 nitrogen and oxygen atoms in total. The summed E-state index contributed by atoms with van der Waals surface area (Å²) in [5, 5.41) is 19.7. The van der Waals surface area contributed by atoms with Crippen molar-refractivity contribution in [2.45, 2.75) is 63.0 Å². The van der Waals surface area contributed by atoms with Crippen LogP contribution in [0.15, 0.2) is 0 Å². The summed E-state index contributed by atoms with van der Waals surface area (Å²) in [5.41, 5.74) is -0.627. The Labute approximate surface area is 103 Å². The summed E-state index contributed by atoms with van der Waals surface area (Å²) >= 11 is 0. The molecule has 1 aliphatic heterocycles. The molecule has 98 valence electrons. The lowest BCUT2D eigenvalue weighted by molar-refractivity contribution is -0.144. The van der Waals surface area contributed by atoms with Crippen molar-refractivity contribution >= 4 is 5.97 Å². The minimum absolute atomic E-state index is 0.387. The zero-order valence-electron chi connectivity index (χ0n) is 10.4. The van der Waals surface area contributed by atoms with E-state index in [9.17, 15) is 15.0 Å². The molecule has 0 spiro atoms. The molecule has 0 aromatic rings. The van der Waals surface area contributed by atoms with E-state index in [1.54, 1.807) is 0 Å². The van der Waals surface area contributed by atoms with Crippen LogP contribution in [0.1, 0.15) is 51.4 Å². The molecule has 1 saturated carbocycles. The summed E-state index contributed by atoms with van der Waals surface area (Å²) in [5.74, 6) is -0.728. The molecule has 1 saturated heterocycles. The second kappa shape index (κ2) is 5.36. The normalized spacial score (nSPS) is 30.1. The molecule has 1 heterocycles. The number of carboxylic acids is 1. The van der Waals surface area contributed by atoms with Crippen LogP contribution in [-0.2, 0) is 4.79 Å². The predicted molar refractivity (Wildman–Crippen MR) is 64.9 cm³/mol. The molecule has 1 aliphatic carbocycles. The fourth-order valence-electron chi connectivity index (χ4n) is 3.21. The minimum Gasteiger partial charge on any atom is -0.480 e. The van der Waals surface area contributed by atoms with Crippen molar-refractivity contribution in [1.82, 2.24) is 4.90 Å². The van der Waals surface area contributed by atoms with Crippen LogP contribution in [0.5, 0.6) is 0 Å². The van der Waals surface area contributed by atoms with Crippen molar-refractivity contribution in [3.63, 3.8) is 0 Å². The van der Waals surface area contributed by atoms with Gasteiger partial charge < -0.3 is 10.2 Å². The summed E-state index contributed by atoms with van der Waals surface area (Å²) in [6.45, 7) is 1.36. The van der Waals surface area contributed by atoms with Gasteiger partial charge in [-0.15, -0.1) is 0 Å². The maximum Gasteiger partial charge on any atom is 0.320 e. The molecule has 17 heavy (non-hydrogen) atoms. The summed E-state index contributed by atoms with van der Waals surface area (Å²) < 4.78 is 0. The molecule has 0 bridgehead atoms. The molecule has 2 fully saturated rings. The maximum atomic E-state index is 11.3. The third kappa shape index (κ3) is 3.19. The molecule has 2 aliphatic rings. The number of carbonyl (C=O) groups is 1. The predicted octanol–water partition coefficient (Wildman–Crippen LogP) is 1.62. The summed E-state index contributed by atoms with van der Waals surface area (Å²) in [4.78, 5) is 13.3. The van der Waals surface area contributed by atoms with Gasteiger partial charge in [0, 0.05) is 6.54 Å². The molecule has 0 radical (unpaired) electrons. The Hall–Kier alpha value is -0.610. The topological polar surface area (TPSA) is 60.8 Å². The van der Waals surface area contributed by atoms with Crippen LogP contribution in [0.25, 0.3) is 0 Å². The first kappa shape index (κ1) is 12.8. The van der Waals surface area contributed by atoms with Crippen LogP contribution in [0, 0.1) is 0 Å². The number of aliphatic hydroxyl groups is 1. The second-order valence-corrected chi connectivity index (χ2v) is 5.61. The van der Waals surface area contributed by atoms with Gasteiger partial charge in [-0.25, -0.2) is 0 Å². The number of hydrogen-bond acceptors (Lipinski definition) is 3. The van der Waals surface area contributed by atoms with Gasteiger partial charge in [0.1, 0.15) is 6.04 Å². The summed E-state index contributed by atoms with van der Waals surface area (Å²) in [6.07, 6.45) is 7.69. The smallest absolute Gasteiger partial charge is 0.320 e. The van der Waals surface area contributed by atoms with E-state index in [0.29, 0.717) is 6.54 Å². The zero-order valence-corrected chi connectivity index (χ0v) is 10.4. The van der Waals surface area contributed by atoms with Crippen molar-refractivity contribution in [2.75, 3.05) is 13.1 Å². The Morgan fingerprint density at radius 2 is 1.88 bits per heavy atom. The highest BCUT2D eigenvalue weighted by molar-refractivity contribution is 5.73. The van der Waals surface area contributed by atoms with Gasteiger partial charge in [-0.05, 0) is 32.2 Å². The first-order valence-electron chi connectivity index (χ1n) is 6.80. The number of β-amino-alcohol motifs (C(OH)–C–C–N with tert-alkyl or cyclic N) is 1. The van der Waals surface area contributed by atoms with E-state index < -0.39 is 11.6 Å². The number of rotatable bonds is 3. The van der Waals surface area contributed by atoms with Gasteiger partial charge in [-0.1, -0.05) is 25.7 Å². The van der Waals surface area contributed by atoms with Crippen LogP contribution < -0.4 is 0 Å². The number of likely N-dealkylation sites (tertiary alicyclic amines) is 1. The molecule has 2 rings (SSSR count). The fourth-order valence-corrected chi connectivity index (χ4v) is 3.21. The Bertz CT molecular complexity index is 274. The van der Waals surface area contributed by atoms with Crippen molar-refractivity contribution in [2.24, 2.45) is 0 Å². The average molecular weight is 241 g/mol. The third-order valence-corrected chi connectivity index (χ3v) is 4.18. The van der Waals surface area contributed by atoms with Crippen molar-refractivity contribution in [3.8, 4) is 0 Å². The zero-order chi connectivity index (χ0) is 12.3. The van der Waals surface area contributed by atoms with Gasteiger partial charge in [0.25, 0.3) is 0 Å². The van der Waals surface area contributed by atoms with E-state index in [1.807, 2.05) is 4.90 Å². The highest BCUT2D eigenvalue weighted by Gasteiger charge is 2.37. The molecule has 0 amide bonds. The molecule has 2 N–H and O–H groups in total. The quantitative estimate of drug-likeness (QED) is 0.788. The third-order valence-electron chi connectivity index (χ3n) is 4.18. The van der Waals surface area contributed by atoms with Crippen LogP contribution in [0.3, 0.4) is 0 Å². The first-order valence-corrected chi connectivity index (χ1v) is 6.80. The Morgan fingerprint density at radius 3 is 2.53 bits per heavy atom. The lowest BCUT2D eigenvalue weighted by Crippen LogP contribution is -2.48. The standard InChI is InChI=1S/C13H23NO3/c15-12(16)11-6-2-1-5-9-14(11)10-13(17)7-3-4-8-13/h11,17H,1-10H2,(H,15,16).